The lowest BCUT2D eigenvalue weighted by molar-refractivity contribution is -0.113. The van der Waals surface area contributed by atoms with Gasteiger partial charge < -0.3 is 10.6 Å². The summed E-state index contributed by atoms with van der Waals surface area (Å²) in [6.07, 6.45) is 1.62. The fourth-order valence-electron chi connectivity index (χ4n) is 2.10. The highest BCUT2D eigenvalue weighted by atomic mass is 32.2. The molecule has 0 aliphatic carbocycles. The summed E-state index contributed by atoms with van der Waals surface area (Å²) in [5.41, 5.74) is 0.511. The Bertz CT molecular complexity index is 916. The molecule has 26 heavy (non-hydrogen) atoms. The van der Waals surface area contributed by atoms with Crippen LogP contribution in [0.5, 0.6) is 0 Å². The van der Waals surface area contributed by atoms with Gasteiger partial charge in [0, 0.05) is 22.2 Å². The number of carbonyl (C=O) groups is 2. The Balaban J connectivity index is 1.58. The van der Waals surface area contributed by atoms with Crippen molar-refractivity contribution < 1.29 is 14.0 Å². The van der Waals surface area contributed by atoms with Crippen LogP contribution in [0.15, 0.2) is 65.0 Å². The molecule has 0 saturated carbocycles. The summed E-state index contributed by atoms with van der Waals surface area (Å²) in [6.45, 7) is 0. The first kappa shape index (κ1) is 18.1. The van der Waals surface area contributed by atoms with E-state index in [0.717, 1.165) is 4.90 Å². The topological polar surface area (TPSA) is 71.1 Å². The van der Waals surface area contributed by atoms with Crippen LogP contribution in [0.25, 0.3) is 0 Å². The quantitative estimate of drug-likeness (QED) is 0.620. The average Bonchev–Trinajstić information content (AvgIpc) is 3.13. The maximum Gasteiger partial charge on any atom is 0.258 e. The molecule has 0 aliphatic heterocycles. The number of halogens is 1. The van der Waals surface area contributed by atoms with Gasteiger partial charge in [-0.05, 0) is 30.3 Å². The SMILES string of the molecule is O=C(CSc1cccc(NC(=O)c2ccccc2F)c1)Nc1nccs1. The summed E-state index contributed by atoms with van der Waals surface area (Å²) in [5.74, 6) is -1.04. The molecule has 1 aromatic heterocycles. The number of hydrogen-bond donors (Lipinski definition) is 2. The van der Waals surface area contributed by atoms with Gasteiger partial charge in [-0.3, -0.25) is 9.59 Å². The number of benzene rings is 2. The van der Waals surface area contributed by atoms with Gasteiger partial charge in [-0.1, -0.05) is 18.2 Å². The number of aromatic nitrogens is 1. The molecule has 8 heteroatoms. The number of hydrogen-bond acceptors (Lipinski definition) is 5. The third-order valence-electron chi connectivity index (χ3n) is 3.26. The van der Waals surface area contributed by atoms with Gasteiger partial charge in [-0.25, -0.2) is 9.37 Å². The van der Waals surface area contributed by atoms with Crippen molar-refractivity contribution in [3.63, 3.8) is 0 Å². The Morgan fingerprint density at radius 2 is 1.96 bits per heavy atom. The number of carbonyl (C=O) groups excluding carboxylic acids is 2. The molecule has 2 amide bonds. The number of amides is 2. The molecule has 3 aromatic rings. The largest absolute Gasteiger partial charge is 0.322 e. The van der Waals surface area contributed by atoms with Crippen LogP contribution >= 0.6 is 23.1 Å². The predicted octanol–water partition coefficient (Wildman–Crippen LogP) is 4.27. The fraction of sp³-hybridized carbons (Fsp3) is 0.0556. The van der Waals surface area contributed by atoms with Gasteiger partial charge in [-0.2, -0.15) is 0 Å². The van der Waals surface area contributed by atoms with Crippen LogP contribution in [0.3, 0.4) is 0 Å². The van der Waals surface area contributed by atoms with Crippen molar-refractivity contribution in [1.82, 2.24) is 4.98 Å². The molecule has 0 radical (unpaired) electrons. The van der Waals surface area contributed by atoms with E-state index in [0.29, 0.717) is 10.8 Å². The average molecular weight is 387 g/mol. The molecule has 0 atom stereocenters. The van der Waals surface area contributed by atoms with Gasteiger partial charge in [0.15, 0.2) is 5.13 Å². The molecule has 2 N–H and O–H groups in total. The number of nitrogens with zero attached hydrogens (tertiary/aromatic N) is 1. The normalized spacial score (nSPS) is 10.3. The maximum absolute atomic E-state index is 13.7. The van der Waals surface area contributed by atoms with Gasteiger partial charge in [0.25, 0.3) is 5.91 Å². The van der Waals surface area contributed by atoms with E-state index < -0.39 is 11.7 Å². The second kappa shape index (κ2) is 8.59. The second-order valence-electron chi connectivity index (χ2n) is 5.14. The van der Waals surface area contributed by atoms with Crippen molar-refractivity contribution in [2.45, 2.75) is 4.90 Å². The van der Waals surface area contributed by atoms with Gasteiger partial charge in [0.05, 0.1) is 11.3 Å². The van der Waals surface area contributed by atoms with Gasteiger partial charge in [-0.15, -0.1) is 23.1 Å². The van der Waals surface area contributed by atoms with Crippen molar-refractivity contribution in [1.29, 1.82) is 0 Å². The Labute approximate surface area is 157 Å². The maximum atomic E-state index is 13.7. The van der Waals surface area contributed by atoms with Crippen LogP contribution in [0.2, 0.25) is 0 Å². The minimum absolute atomic E-state index is 0.0200. The van der Waals surface area contributed by atoms with E-state index >= 15 is 0 Å². The predicted molar refractivity (Wildman–Crippen MR) is 102 cm³/mol. The first-order valence-electron chi connectivity index (χ1n) is 7.60. The molecule has 0 spiro atoms. The molecule has 1 heterocycles. The van der Waals surface area contributed by atoms with Gasteiger partial charge >= 0.3 is 0 Å². The molecule has 5 nitrogen and oxygen atoms in total. The highest BCUT2D eigenvalue weighted by molar-refractivity contribution is 8.00. The Morgan fingerprint density at radius 1 is 1.12 bits per heavy atom. The van der Waals surface area contributed by atoms with Crippen LogP contribution in [0.1, 0.15) is 10.4 Å². The molecule has 0 saturated heterocycles. The lowest BCUT2D eigenvalue weighted by Gasteiger charge is -2.08. The van der Waals surface area contributed by atoms with Gasteiger partial charge in [0.1, 0.15) is 5.82 Å². The monoisotopic (exact) mass is 387 g/mol. The summed E-state index contributed by atoms with van der Waals surface area (Å²) >= 11 is 2.68. The molecule has 3 rings (SSSR count). The van der Waals surface area contributed by atoms with Crippen LogP contribution in [0.4, 0.5) is 15.2 Å². The standard InChI is InChI=1S/C18H14FN3O2S2/c19-15-7-2-1-6-14(15)17(24)21-12-4-3-5-13(10-12)26-11-16(23)22-18-20-8-9-25-18/h1-10H,11H2,(H,21,24)(H,20,22,23). The van der Waals surface area contributed by atoms with E-state index in [-0.39, 0.29) is 17.2 Å². The van der Waals surface area contributed by atoms with E-state index in [4.69, 9.17) is 0 Å². The van der Waals surface area contributed by atoms with E-state index in [2.05, 4.69) is 15.6 Å². The van der Waals surface area contributed by atoms with Crippen molar-refractivity contribution in [2.24, 2.45) is 0 Å². The highest BCUT2D eigenvalue weighted by Gasteiger charge is 2.11. The first-order valence-corrected chi connectivity index (χ1v) is 9.46. The Hall–Kier alpha value is -2.71. The van der Waals surface area contributed by atoms with E-state index in [1.54, 1.807) is 35.8 Å². The summed E-state index contributed by atoms with van der Waals surface area (Å²) in [4.78, 5) is 28.9. The zero-order valence-corrected chi connectivity index (χ0v) is 15.1. The second-order valence-corrected chi connectivity index (χ2v) is 7.08. The van der Waals surface area contributed by atoms with Crippen molar-refractivity contribution >= 4 is 45.7 Å². The first-order chi connectivity index (χ1) is 12.6. The molecule has 2 aromatic carbocycles. The summed E-state index contributed by atoms with van der Waals surface area (Å²) in [5, 5.41) is 7.70. The number of thioether (sulfide) groups is 1. The summed E-state index contributed by atoms with van der Waals surface area (Å²) in [7, 11) is 0. The summed E-state index contributed by atoms with van der Waals surface area (Å²) < 4.78 is 13.7. The molecule has 132 valence electrons. The van der Waals surface area contributed by atoms with E-state index in [1.807, 2.05) is 6.07 Å². The third kappa shape index (κ3) is 4.90. The van der Waals surface area contributed by atoms with E-state index in [1.165, 1.54) is 41.3 Å². The summed E-state index contributed by atoms with van der Waals surface area (Å²) in [6, 6.07) is 12.8. The number of nitrogens with one attached hydrogen (secondary N) is 2. The molecular weight excluding hydrogens is 373 g/mol. The van der Waals surface area contributed by atoms with Crippen molar-refractivity contribution in [2.75, 3.05) is 16.4 Å². The zero-order valence-electron chi connectivity index (χ0n) is 13.4. The molecule has 0 aliphatic rings. The Morgan fingerprint density at radius 3 is 2.73 bits per heavy atom. The number of thiazole rings is 1. The van der Waals surface area contributed by atoms with Crippen molar-refractivity contribution in [3.05, 3.63) is 71.5 Å². The minimum atomic E-state index is -0.575. The van der Waals surface area contributed by atoms with Gasteiger partial charge in [0.2, 0.25) is 5.91 Å². The van der Waals surface area contributed by atoms with E-state index in [9.17, 15) is 14.0 Å². The van der Waals surface area contributed by atoms with Crippen LogP contribution in [-0.4, -0.2) is 22.6 Å². The molecule has 0 unspecified atom stereocenters. The van der Waals surface area contributed by atoms with Crippen LogP contribution < -0.4 is 10.6 Å². The highest BCUT2D eigenvalue weighted by Crippen LogP contribution is 2.23. The zero-order chi connectivity index (χ0) is 18.4. The van der Waals surface area contributed by atoms with Crippen LogP contribution in [0, 0.1) is 5.82 Å². The van der Waals surface area contributed by atoms with Crippen LogP contribution in [-0.2, 0) is 4.79 Å². The Kier molecular flexibility index (Phi) is 5.98. The molecule has 0 fully saturated rings. The third-order valence-corrected chi connectivity index (χ3v) is 4.94. The number of anilines is 2. The van der Waals surface area contributed by atoms with Crippen molar-refractivity contribution in [3.8, 4) is 0 Å². The molecule has 0 bridgehead atoms. The fourth-order valence-corrected chi connectivity index (χ4v) is 3.40. The molecular formula is C18H14FN3O2S2. The lowest BCUT2D eigenvalue weighted by atomic mass is 10.2. The smallest absolute Gasteiger partial charge is 0.258 e. The minimum Gasteiger partial charge on any atom is -0.322 e. The number of rotatable bonds is 6. The lowest BCUT2D eigenvalue weighted by Crippen LogP contribution is -2.14.